The molecule has 1 atom stereocenters. The number of halogens is 2. The summed E-state index contributed by atoms with van der Waals surface area (Å²) in [6, 6.07) is 5.39. The van der Waals surface area contributed by atoms with Crippen LogP contribution in [-0.2, 0) is 4.79 Å². The highest BCUT2D eigenvalue weighted by atomic mass is 35.5. The summed E-state index contributed by atoms with van der Waals surface area (Å²) in [5.74, 6) is -0.365. The zero-order valence-corrected chi connectivity index (χ0v) is 22.8. The molecule has 1 amide bonds. The van der Waals surface area contributed by atoms with Gasteiger partial charge >= 0.3 is 0 Å². The number of hydrogen-bond donors (Lipinski definition) is 3. The summed E-state index contributed by atoms with van der Waals surface area (Å²) < 4.78 is 22.6. The first kappa shape index (κ1) is 26.2. The van der Waals surface area contributed by atoms with E-state index in [4.69, 9.17) is 26.9 Å². The number of aromatic nitrogens is 2. The van der Waals surface area contributed by atoms with Gasteiger partial charge in [-0.2, -0.15) is 10.2 Å². The van der Waals surface area contributed by atoms with E-state index in [9.17, 15) is 9.18 Å². The Morgan fingerprint density at radius 3 is 2.79 bits per heavy atom. The number of nitrogens with zero attached hydrogens (tertiary/aromatic N) is 4. The maximum Gasteiger partial charge on any atom is 0.279 e. The van der Waals surface area contributed by atoms with Crippen molar-refractivity contribution in [3.05, 3.63) is 51.9 Å². The number of aryl methyl sites for hydroxylation is 1. The Morgan fingerprint density at radius 2 is 2.08 bits per heavy atom. The number of furan rings is 1. The van der Waals surface area contributed by atoms with E-state index >= 15 is 0 Å². The first-order valence-corrected chi connectivity index (χ1v) is 13.2. The maximum atomic E-state index is 14.2. The van der Waals surface area contributed by atoms with Gasteiger partial charge < -0.3 is 20.4 Å². The normalized spacial score (nSPS) is 21.8. The van der Waals surface area contributed by atoms with E-state index in [2.05, 4.69) is 15.8 Å². The number of hydrogen-bond acceptors (Lipinski definition) is 7. The summed E-state index contributed by atoms with van der Waals surface area (Å²) in [5, 5.41) is 13.7. The summed E-state index contributed by atoms with van der Waals surface area (Å²) in [6.45, 7) is 4.36. The molecule has 1 fully saturated rings. The molecule has 0 saturated heterocycles. The smallest absolute Gasteiger partial charge is 0.279 e. The molecule has 1 unspecified atom stereocenters. The third kappa shape index (κ3) is 4.90. The average Bonchev–Trinajstić information content (AvgIpc) is 3.44. The minimum Gasteiger partial charge on any atom is -0.454 e. The van der Waals surface area contributed by atoms with Gasteiger partial charge in [-0.3, -0.25) is 14.9 Å². The minimum absolute atomic E-state index is 0.0501. The predicted octanol–water partition coefficient (Wildman–Crippen LogP) is 4.56. The quantitative estimate of drug-likeness (QED) is 0.394. The lowest BCUT2D eigenvalue weighted by Gasteiger charge is -2.30. The molecule has 1 aromatic carbocycles. The van der Waals surface area contributed by atoms with E-state index < -0.39 is 11.7 Å². The van der Waals surface area contributed by atoms with Gasteiger partial charge in [-0.15, -0.1) is 0 Å². The summed E-state index contributed by atoms with van der Waals surface area (Å²) in [6.07, 6.45) is 4.21. The lowest BCUT2D eigenvalue weighted by atomic mass is 9.90. The van der Waals surface area contributed by atoms with Crippen molar-refractivity contribution in [2.24, 2.45) is 10.8 Å². The minimum atomic E-state index is -0.750. The molecule has 1 aliphatic heterocycles. The molecule has 9 nitrogen and oxygen atoms in total. The second kappa shape index (κ2) is 10.4. The van der Waals surface area contributed by atoms with Crippen molar-refractivity contribution < 1.29 is 13.6 Å². The molecule has 1 aliphatic carbocycles. The first-order valence-electron chi connectivity index (χ1n) is 12.9. The van der Waals surface area contributed by atoms with Crippen LogP contribution in [0.3, 0.4) is 0 Å². The molecule has 1 saturated carbocycles. The number of nitrogens with two attached hydrogens (primary N) is 1. The van der Waals surface area contributed by atoms with Crippen LogP contribution in [-0.4, -0.2) is 53.1 Å². The second-order valence-corrected chi connectivity index (χ2v) is 10.8. The van der Waals surface area contributed by atoms with Gasteiger partial charge in [0.2, 0.25) is 0 Å². The van der Waals surface area contributed by atoms with Crippen LogP contribution in [0.25, 0.3) is 22.4 Å². The second-order valence-electron chi connectivity index (χ2n) is 10.4. The van der Waals surface area contributed by atoms with Gasteiger partial charge in [-0.1, -0.05) is 11.6 Å². The molecule has 11 heteroatoms. The predicted molar refractivity (Wildman–Crippen MR) is 147 cm³/mol. The fraction of sp³-hybridized carbons (Fsp3) is 0.444. The highest BCUT2D eigenvalue weighted by Gasteiger charge is 2.35. The van der Waals surface area contributed by atoms with Crippen LogP contribution in [0.15, 0.2) is 39.6 Å². The first-order chi connectivity index (χ1) is 18.1. The molecule has 0 radical (unpaired) electrons. The van der Waals surface area contributed by atoms with E-state index in [-0.39, 0.29) is 18.1 Å². The van der Waals surface area contributed by atoms with Crippen LogP contribution in [0.4, 0.5) is 4.39 Å². The van der Waals surface area contributed by atoms with Crippen molar-refractivity contribution in [2.75, 3.05) is 20.6 Å². The number of carbonyl (C=O) groups is 1. The fourth-order valence-corrected chi connectivity index (χ4v) is 5.44. The van der Waals surface area contributed by atoms with Gasteiger partial charge in [0.15, 0.2) is 17.4 Å². The Kier molecular flexibility index (Phi) is 7.19. The molecule has 0 spiro atoms. The fourth-order valence-electron chi connectivity index (χ4n) is 5.27. The Balaban J connectivity index is 1.45. The van der Waals surface area contributed by atoms with E-state index in [1.165, 1.54) is 6.08 Å². The van der Waals surface area contributed by atoms with Crippen LogP contribution in [0.2, 0.25) is 5.02 Å². The lowest BCUT2D eigenvalue weighted by Crippen LogP contribution is -2.38. The summed E-state index contributed by atoms with van der Waals surface area (Å²) in [7, 11) is 3.64. The Hall–Kier alpha value is -3.37. The molecule has 4 N–H and O–H groups in total. The molecule has 3 aromatic rings. The Labute approximate surface area is 225 Å². The van der Waals surface area contributed by atoms with E-state index in [0.29, 0.717) is 36.0 Å². The summed E-state index contributed by atoms with van der Waals surface area (Å²) in [4.78, 5) is 14.1. The van der Waals surface area contributed by atoms with Crippen LogP contribution >= 0.6 is 11.6 Å². The average molecular weight is 542 g/mol. The number of amidine groups is 1. The molecule has 202 valence electrons. The SMILES string of the molecule is Cc1c(-c2c3c(nn2C2CCC(NC(=O)/C(F)=C/CN(C)C)CC2)C(C)NN=C3N)oc2ccc(Cl)cc12. The van der Waals surface area contributed by atoms with Crippen molar-refractivity contribution in [3.63, 3.8) is 0 Å². The van der Waals surface area contributed by atoms with Crippen LogP contribution in [0.1, 0.15) is 61.5 Å². The van der Waals surface area contributed by atoms with Crippen LogP contribution in [0, 0.1) is 6.92 Å². The molecule has 2 aliphatic rings. The van der Waals surface area contributed by atoms with Crippen molar-refractivity contribution >= 4 is 34.3 Å². The zero-order chi connectivity index (χ0) is 27.1. The van der Waals surface area contributed by atoms with E-state index in [1.807, 2.05) is 44.8 Å². The third-order valence-corrected chi connectivity index (χ3v) is 7.56. The van der Waals surface area contributed by atoms with Gasteiger partial charge in [-0.25, -0.2) is 4.39 Å². The van der Waals surface area contributed by atoms with Crippen LogP contribution in [0.5, 0.6) is 0 Å². The lowest BCUT2D eigenvalue weighted by molar-refractivity contribution is -0.119. The van der Waals surface area contributed by atoms with Gasteiger partial charge in [0.1, 0.15) is 11.3 Å². The number of rotatable bonds is 6. The number of nitrogens with one attached hydrogen (secondary N) is 2. The molecule has 3 heterocycles. The summed E-state index contributed by atoms with van der Waals surface area (Å²) >= 11 is 6.27. The number of amides is 1. The highest BCUT2D eigenvalue weighted by Crippen LogP contribution is 2.42. The van der Waals surface area contributed by atoms with Gasteiger partial charge in [0, 0.05) is 28.6 Å². The summed E-state index contributed by atoms with van der Waals surface area (Å²) in [5.41, 5.74) is 13.5. The Bertz CT molecular complexity index is 1430. The number of likely N-dealkylation sites (N-methyl/N-ethyl adjacent to an activating group) is 1. The zero-order valence-electron chi connectivity index (χ0n) is 22.0. The molecule has 38 heavy (non-hydrogen) atoms. The van der Waals surface area contributed by atoms with Gasteiger partial charge in [-0.05, 0) is 77.9 Å². The maximum absolute atomic E-state index is 14.2. The van der Waals surface area contributed by atoms with Crippen molar-refractivity contribution in [2.45, 2.75) is 57.7 Å². The molecular weight excluding hydrogens is 509 g/mol. The monoisotopic (exact) mass is 541 g/mol. The Morgan fingerprint density at radius 1 is 1.34 bits per heavy atom. The molecule has 2 aromatic heterocycles. The van der Waals surface area contributed by atoms with E-state index in [1.54, 1.807) is 11.0 Å². The number of fused-ring (bicyclic) bond motifs is 2. The third-order valence-electron chi connectivity index (χ3n) is 7.33. The number of carbonyl (C=O) groups excluding carboxylic acids is 1. The van der Waals surface area contributed by atoms with Gasteiger partial charge in [0.25, 0.3) is 5.91 Å². The highest BCUT2D eigenvalue weighted by molar-refractivity contribution is 6.31. The van der Waals surface area contributed by atoms with Crippen molar-refractivity contribution in [1.29, 1.82) is 0 Å². The number of benzene rings is 1. The van der Waals surface area contributed by atoms with Gasteiger partial charge in [0.05, 0.1) is 23.3 Å². The largest absolute Gasteiger partial charge is 0.454 e. The van der Waals surface area contributed by atoms with Crippen molar-refractivity contribution in [3.8, 4) is 11.5 Å². The van der Waals surface area contributed by atoms with E-state index in [0.717, 1.165) is 46.3 Å². The number of hydrazone groups is 1. The molecular formula is C27H33ClFN7O2. The molecule has 5 rings (SSSR count). The van der Waals surface area contributed by atoms with Crippen molar-refractivity contribution in [1.82, 2.24) is 25.4 Å². The molecule has 0 bridgehead atoms. The van der Waals surface area contributed by atoms with Crippen LogP contribution < -0.4 is 16.5 Å². The topological polar surface area (TPSA) is 114 Å². The standard InChI is InChI=1S/C27H33ClFN7O2/c1-14-19-13-16(28)5-10-21(19)38-25(14)24-22-23(15(2)32-33-26(22)30)34-36(24)18-8-6-17(7-9-18)31-27(37)20(29)11-12-35(3)4/h5,10-11,13,15,17-18,32H,6-9,12H2,1-4H3,(H2,30,33)(H,31,37)/b20-11-.